The lowest BCUT2D eigenvalue weighted by Crippen LogP contribution is -2.39. The van der Waals surface area contributed by atoms with Gasteiger partial charge >= 0.3 is 0 Å². The third kappa shape index (κ3) is 1.76. The van der Waals surface area contributed by atoms with Crippen LogP contribution in [0.1, 0.15) is 46.5 Å². The summed E-state index contributed by atoms with van der Waals surface area (Å²) in [6.45, 7) is 6.98. The Morgan fingerprint density at radius 3 is 2.45 bits per heavy atom. The molecule has 0 spiro atoms. The summed E-state index contributed by atoms with van der Waals surface area (Å²) in [7, 11) is 2.27. The van der Waals surface area contributed by atoms with Crippen molar-refractivity contribution in [2.45, 2.75) is 58.0 Å². The average Bonchev–Trinajstić information content (AvgIpc) is 2.17. The molecular formula is C10H21N. The number of hydrogen-bond donors (Lipinski definition) is 0. The maximum atomic E-state index is 2.55. The molecule has 0 bridgehead atoms. The van der Waals surface area contributed by atoms with Crippen LogP contribution >= 0.6 is 0 Å². The van der Waals surface area contributed by atoms with Gasteiger partial charge in [-0.05, 0) is 40.2 Å². The van der Waals surface area contributed by atoms with Gasteiger partial charge in [0.15, 0.2) is 0 Å². The van der Waals surface area contributed by atoms with Crippen molar-refractivity contribution in [2.75, 3.05) is 7.05 Å². The van der Waals surface area contributed by atoms with E-state index in [2.05, 4.69) is 32.7 Å². The largest absolute Gasteiger partial charge is 0.298 e. The quantitative estimate of drug-likeness (QED) is 0.592. The number of hydrogen-bond acceptors (Lipinski definition) is 1. The average molecular weight is 155 g/mol. The Hall–Kier alpha value is -0.0400. The molecule has 1 heteroatoms. The van der Waals surface area contributed by atoms with Crippen LogP contribution in [0.2, 0.25) is 0 Å². The van der Waals surface area contributed by atoms with E-state index in [-0.39, 0.29) is 0 Å². The van der Waals surface area contributed by atoms with Gasteiger partial charge in [-0.1, -0.05) is 13.3 Å². The molecule has 0 aromatic heterocycles. The Morgan fingerprint density at radius 2 is 2.09 bits per heavy atom. The minimum absolute atomic E-state index is 0.458. The highest BCUT2D eigenvalue weighted by atomic mass is 15.2. The van der Waals surface area contributed by atoms with Gasteiger partial charge in [0.2, 0.25) is 0 Å². The van der Waals surface area contributed by atoms with E-state index in [1.807, 2.05) is 0 Å². The molecule has 11 heavy (non-hydrogen) atoms. The molecule has 1 rings (SSSR count). The van der Waals surface area contributed by atoms with E-state index in [4.69, 9.17) is 0 Å². The van der Waals surface area contributed by atoms with Crippen LogP contribution in [0.25, 0.3) is 0 Å². The molecule has 1 heterocycles. The highest BCUT2D eigenvalue weighted by Gasteiger charge is 2.35. The predicted molar refractivity (Wildman–Crippen MR) is 49.8 cm³/mol. The van der Waals surface area contributed by atoms with Crippen molar-refractivity contribution in [1.82, 2.24) is 4.90 Å². The molecule has 0 saturated carbocycles. The number of nitrogens with zero attached hydrogens (tertiary/aromatic N) is 1. The maximum absolute atomic E-state index is 2.55. The zero-order valence-electron chi connectivity index (χ0n) is 8.35. The van der Waals surface area contributed by atoms with Crippen LogP contribution in [-0.2, 0) is 0 Å². The minimum atomic E-state index is 0.458. The topological polar surface area (TPSA) is 3.24 Å². The lowest BCUT2D eigenvalue weighted by atomic mass is 10.0. The first-order valence-electron chi connectivity index (χ1n) is 4.81. The highest BCUT2D eigenvalue weighted by molar-refractivity contribution is 4.91. The lowest BCUT2D eigenvalue weighted by molar-refractivity contribution is 0.163. The van der Waals surface area contributed by atoms with Gasteiger partial charge in [0.05, 0.1) is 0 Å². The van der Waals surface area contributed by atoms with Crippen LogP contribution in [-0.4, -0.2) is 23.5 Å². The monoisotopic (exact) mass is 155 g/mol. The second-order valence-electron chi connectivity index (χ2n) is 4.40. The summed E-state index contributed by atoms with van der Waals surface area (Å²) in [5.41, 5.74) is 0.458. The van der Waals surface area contributed by atoms with Gasteiger partial charge in [0.1, 0.15) is 0 Å². The molecule has 1 fully saturated rings. The van der Waals surface area contributed by atoms with Gasteiger partial charge in [-0.15, -0.1) is 0 Å². The molecule has 0 radical (unpaired) electrons. The Bertz CT molecular complexity index is 129. The fourth-order valence-corrected chi connectivity index (χ4v) is 2.06. The van der Waals surface area contributed by atoms with Crippen LogP contribution in [0.15, 0.2) is 0 Å². The minimum Gasteiger partial charge on any atom is -0.298 e. The van der Waals surface area contributed by atoms with Crippen LogP contribution in [0.5, 0.6) is 0 Å². The summed E-state index contributed by atoms with van der Waals surface area (Å²) in [5.74, 6) is 0. The van der Waals surface area contributed by atoms with Gasteiger partial charge in [-0.3, -0.25) is 4.90 Å². The first-order valence-corrected chi connectivity index (χ1v) is 4.81. The Kier molecular flexibility index (Phi) is 2.58. The van der Waals surface area contributed by atoms with Crippen molar-refractivity contribution < 1.29 is 0 Å². The fraction of sp³-hybridized carbons (Fsp3) is 1.00. The van der Waals surface area contributed by atoms with Gasteiger partial charge in [-0.2, -0.15) is 0 Å². The van der Waals surface area contributed by atoms with Crippen molar-refractivity contribution >= 4 is 0 Å². The van der Waals surface area contributed by atoms with E-state index in [0.29, 0.717) is 5.54 Å². The predicted octanol–water partition coefficient (Wildman–Crippen LogP) is 2.66. The standard InChI is InChI=1S/C10H21N/c1-5-6-9-7-8-10(2,3)11(9)4/h9H,5-8H2,1-4H3. The Morgan fingerprint density at radius 1 is 1.45 bits per heavy atom. The smallest absolute Gasteiger partial charge is 0.0153 e. The Labute approximate surface area is 70.8 Å². The molecule has 0 aromatic carbocycles. The highest BCUT2D eigenvalue weighted by Crippen LogP contribution is 2.33. The molecule has 1 aliphatic rings. The summed E-state index contributed by atoms with van der Waals surface area (Å²) >= 11 is 0. The zero-order valence-corrected chi connectivity index (χ0v) is 8.35. The van der Waals surface area contributed by atoms with E-state index < -0.39 is 0 Å². The van der Waals surface area contributed by atoms with Crippen molar-refractivity contribution in [3.05, 3.63) is 0 Å². The third-order valence-corrected chi connectivity index (χ3v) is 3.21. The molecule has 1 saturated heterocycles. The molecule has 0 aliphatic carbocycles. The van der Waals surface area contributed by atoms with Crippen LogP contribution < -0.4 is 0 Å². The summed E-state index contributed by atoms with van der Waals surface area (Å²) in [5, 5.41) is 0. The first-order chi connectivity index (χ1) is 5.08. The molecule has 1 nitrogen and oxygen atoms in total. The molecule has 1 unspecified atom stereocenters. The van der Waals surface area contributed by atoms with E-state index >= 15 is 0 Å². The SMILES string of the molecule is CCCC1CCC(C)(C)N1C. The zero-order chi connectivity index (χ0) is 8.48. The van der Waals surface area contributed by atoms with Crippen LogP contribution in [0.3, 0.4) is 0 Å². The molecule has 0 aromatic rings. The van der Waals surface area contributed by atoms with Gasteiger partial charge in [-0.25, -0.2) is 0 Å². The van der Waals surface area contributed by atoms with Crippen molar-refractivity contribution in [3.63, 3.8) is 0 Å². The number of likely N-dealkylation sites (tertiary alicyclic amines) is 1. The van der Waals surface area contributed by atoms with E-state index in [9.17, 15) is 0 Å². The molecule has 66 valence electrons. The summed E-state index contributed by atoms with van der Waals surface area (Å²) < 4.78 is 0. The van der Waals surface area contributed by atoms with Gasteiger partial charge in [0, 0.05) is 11.6 Å². The van der Waals surface area contributed by atoms with Crippen molar-refractivity contribution in [2.24, 2.45) is 0 Å². The number of rotatable bonds is 2. The molecular weight excluding hydrogens is 134 g/mol. The molecule has 1 aliphatic heterocycles. The normalized spacial score (nSPS) is 31.1. The maximum Gasteiger partial charge on any atom is 0.0153 e. The van der Waals surface area contributed by atoms with Crippen LogP contribution in [0.4, 0.5) is 0 Å². The second kappa shape index (κ2) is 3.14. The van der Waals surface area contributed by atoms with Crippen molar-refractivity contribution in [3.8, 4) is 0 Å². The van der Waals surface area contributed by atoms with Crippen molar-refractivity contribution in [1.29, 1.82) is 0 Å². The second-order valence-corrected chi connectivity index (χ2v) is 4.40. The van der Waals surface area contributed by atoms with Crippen LogP contribution in [0, 0.1) is 0 Å². The summed E-state index contributed by atoms with van der Waals surface area (Å²) in [6, 6.07) is 0.856. The van der Waals surface area contributed by atoms with Gasteiger partial charge in [0.25, 0.3) is 0 Å². The van der Waals surface area contributed by atoms with E-state index in [1.165, 1.54) is 25.7 Å². The van der Waals surface area contributed by atoms with E-state index in [1.54, 1.807) is 0 Å². The Balaban J connectivity index is 2.49. The molecule has 1 atom stereocenters. The fourth-order valence-electron chi connectivity index (χ4n) is 2.06. The third-order valence-electron chi connectivity index (χ3n) is 3.21. The first kappa shape index (κ1) is 9.05. The lowest BCUT2D eigenvalue weighted by Gasteiger charge is -2.31. The summed E-state index contributed by atoms with van der Waals surface area (Å²) in [4.78, 5) is 2.55. The van der Waals surface area contributed by atoms with Gasteiger partial charge < -0.3 is 0 Å². The molecule has 0 amide bonds. The van der Waals surface area contributed by atoms with E-state index in [0.717, 1.165) is 6.04 Å². The summed E-state index contributed by atoms with van der Waals surface area (Å²) in [6.07, 6.45) is 5.47. The molecule has 0 N–H and O–H groups in total.